The molecule has 21 heavy (non-hydrogen) atoms. The molecule has 0 aliphatic heterocycles. The van der Waals surface area contributed by atoms with Gasteiger partial charge in [-0.15, -0.1) is 0 Å². The van der Waals surface area contributed by atoms with Crippen LogP contribution < -0.4 is 5.32 Å². The number of aromatic nitrogens is 1. The fourth-order valence-corrected chi connectivity index (χ4v) is 1.79. The van der Waals surface area contributed by atoms with Crippen molar-refractivity contribution in [3.05, 3.63) is 58.9 Å². The van der Waals surface area contributed by atoms with Crippen LogP contribution in [-0.4, -0.2) is 4.98 Å². The van der Waals surface area contributed by atoms with Gasteiger partial charge >= 0.3 is 6.18 Å². The van der Waals surface area contributed by atoms with Gasteiger partial charge < -0.3 is 5.32 Å². The number of anilines is 1. The summed E-state index contributed by atoms with van der Waals surface area (Å²) in [6.07, 6.45) is -2.88. The van der Waals surface area contributed by atoms with Crippen LogP contribution >= 0.6 is 0 Å². The third-order valence-corrected chi connectivity index (χ3v) is 2.91. The zero-order chi connectivity index (χ0) is 15.5. The van der Waals surface area contributed by atoms with Crippen molar-refractivity contribution < 1.29 is 13.2 Å². The van der Waals surface area contributed by atoms with Crippen molar-refractivity contribution in [2.45, 2.75) is 19.6 Å². The molecule has 1 aromatic heterocycles. The number of nitrogens with one attached hydrogen (secondary N) is 1. The Labute approximate surface area is 120 Å². The number of halogens is 3. The second-order valence-electron chi connectivity index (χ2n) is 4.53. The fourth-order valence-electron chi connectivity index (χ4n) is 1.79. The van der Waals surface area contributed by atoms with Gasteiger partial charge in [0, 0.05) is 24.1 Å². The number of alkyl halides is 3. The second kappa shape index (κ2) is 5.83. The summed E-state index contributed by atoms with van der Waals surface area (Å²) in [6.45, 7) is 2.21. The van der Waals surface area contributed by atoms with Crippen LogP contribution in [0.4, 0.5) is 18.9 Å². The monoisotopic (exact) mass is 291 g/mol. The predicted molar refractivity (Wildman–Crippen MR) is 72.5 cm³/mol. The summed E-state index contributed by atoms with van der Waals surface area (Å²) >= 11 is 0. The Kier molecular flexibility index (Phi) is 4.13. The van der Waals surface area contributed by atoms with Gasteiger partial charge in [-0.2, -0.15) is 18.4 Å². The first kappa shape index (κ1) is 14.9. The fraction of sp³-hybridized carbons (Fsp3) is 0.200. The van der Waals surface area contributed by atoms with Gasteiger partial charge in [-0.05, 0) is 36.8 Å². The van der Waals surface area contributed by atoms with Gasteiger partial charge in [-0.3, -0.25) is 4.98 Å². The third kappa shape index (κ3) is 3.72. The van der Waals surface area contributed by atoms with E-state index in [0.29, 0.717) is 12.2 Å². The smallest absolute Gasteiger partial charge is 0.381 e. The molecule has 0 radical (unpaired) electrons. The Bertz CT molecular complexity index is 670. The average Bonchev–Trinajstić information content (AvgIpc) is 2.45. The maximum absolute atomic E-state index is 12.8. The first-order valence-electron chi connectivity index (χ1n) is 6.17. The Morgan fingerprint density at radius 2 is 2.00 bits per heavy atom. The van der Waals surface area contributed by atoms with E-state index in [1.807, 2.05) is 19.1 Å². The van der Waals surface area contributed by atoms with Gasteiger partial charge in [-0.1, -0.05) is 6.07 Å². The minimum Gasteiger partial charge on any atom is -0.381 e. The first-order chi connectivity index (χ1) is 9.90. The SMILES string of the molecule is Cc1ccc(CNc2ccc(C#N)c(C(F)(F)F)c2)cn1. The highest BCUT2D eigenvalue weighted by atomic mass is 19.4. The quantitative estimate of drug-likeness (QED) is 0.933. The Balaban J connectivity index is 2.18. The van der Waals surface area contributed by atoms with Gasteiger partial charge in [0.2, 0.25) is 0 Å². The van der Waals surface area contributed by atoms with Crippen molar-refractivity contribution in [3.8, 4) is 6.07 Å². The molecule has 0 spiro atoms. The van der Waals surface area contributed by atoms with E-state index in [1.54, 1.807) is 12.3 Å². The number of rotatable bonds is 3. The Morgan fingerprint density at radius 3 is 2.57 bits per heavy atom. The van der Waals surface area contributed by atoms with E-state index in [2.05, 4.69) is 10.3 Å². The van der Waals surface area contributed by atoms with Crippen molar-refractivity contribution in [2.24, 2.45) is 0 Å². The van der Waals surface area contributed by atoms with E-state index in [-0.39, 0.29) is 5.56 Å². The Morgan fingerprint density at radius 1 is 1.24 bits per heavy atom. The minimum atomic E-state index is -4.55. The Hall–Kier alpha value is -2.55. The molecule has 1 N–H and O–H groups in total. The van der Waals surface area contributed by atoms with Crippen molar-refractivity contribution in [2.75, 3.05) is 5.32 Å². The number of hydrogen-bond acceptors (Lipinski definition) is 3. The van der Waals surface area contributed by atoms with Crippen molar-refractivity contribution in [1.29, 1.82) is 5.26 Å². The molecule has 6 heteroatoms. The highest BCUT2D eigenvalue weighted by molar-refractivity contribution is 5.53. The zero-order valence-corrected chi connectivity index (χ0v) is 11.2. The second-order valence-corrected chi connectivity index (χ2v) is 4.53. The van der Waals surface area contributed by atoms with Gasteiger partial charge in [0.25, 0.3) is 0 Å². The van der Waals surface area contributed by atoms with E-state index >= 15 is 0 Å². The lowest BCUT2D eigenvalue weighted by molar-refractivity contribution is -0.137. The standard InChI is InChI=1S/C15H12F3N3/c1-10-2-3-11(8-20-10)9-21-13-5-4-12(7-19)14(6-13)15(16,17)18/h2-6,8,21H,9H2,1H3. The van der Waals surface area contributed by atoms with Crippen LogP contribution in [0.3, 0.4) is 0 Å². The molecule has 3 nitrogen and oxygen atoms in total. The number of pyridine rings is 1. The van der Waals surface area contributed by atoms with Crippen LogP contribution in [0.1, 0.15) is 22.4 Å². The first-order valence-corrected chi connectivity index (χ1v) is 6.17. The summed E-state index contributed by atoms with van der Waals surface area (Å²) in [5.74, 6) is 0. The lowest BCUT2D eigenvalue weighted by Crippen LogP contribution is -2.09. The molecule has 0 amide bonds. The summed E-state index contributed by atoms with van der Waals surface area (Å²) in [4.78, 5) is 4.11. The molecule has 0 saturated carbocycles. The van der Waals surface area contributed by atoms with Crippen LogP contribution in [0, 0.1) is 18.3 Å². The van der Waals surface area contributed by atoms with Crippen LogP contribution in [0.15, 0.2) is 36.5 Å². The van der Waals surface area contributed by atoms with Crippen molar-refractivity contribution >= 4 is 5.69 Å². The maximum Gasteiger partial charge on any atom is 0.417 e. The van der Waals surface area contributed by atoms with Gasteiger partial charge in [0.1, 0.15) is 0 Å². The van der Waals surface area contributed by atoms with E-state index in [1.165, 1.54) is 12.1 Å². The molecule has 1 heterocycles. The molecule has 0 fully saturated rings. The lowest BCUT2D eigenvalue weighted by atomic mass is 10.1. The predicted octanol–water partition coefficient (Wildman–Crippen LogP) is 3.89. The topological polar surface area (TPSA) is 48.7 Å². The van der Waals surface area contributed by atoms with Gasteiger partial charge in [0.15, 0.2) is 0 Å². The molecule has 2 aromatic rings. The van der Waals surface area contributed by atoms with E-state index in [0.717, 1.165) is 17.3 Å². The molecule has 0 aliphatic rings. The molecule has 0 aliphatic carbocycles. The van der Waals surface area contributed by atoms with Crippen LogP contribution in [-0.2, 0) is 12.7 Å². The molecular weight excluding hydrogens is 279 g/mol. The molecule has 108 valence electrons. The highest BCUT2D eigenvalue weighted by Crippen LogP contribution is 2.33. The largest absolute Gasteiger partial charge is 0.417 e. The number of benzene rings is 1. The minimum absolute atomic E-state index is 0.307. The normalized spacial score (nSPS) is 11.0. The molecule has 0 bridgehead atoms. The molecule has 0 unspecified atom stereocenters. The number of nitriles is 1. The zero-order valence-electron chi connectivity index (χ0n) is 11.2. The van der Waals surface area contributed by atoms with Crippen LogP contribution in [0.2, 0.25) is 0 Å². The van der Waals surface area contributed by atoms with Crippen LogP contribution in [0.25, 0.3) is 0 Å². The van der Waals surface area contributed by atoms with E-state index in [9.17, 15) is 13.2 Å². The summed E-state index contributed by atoms with van der Waals surface area (Å²) in [7, 11) is 0. The van der Waals surface area contributed by atoms with Crippen molar-refractivity contribution in [1.82, 2.24) is 4.98 Å². The maximum atomic E-state index is 12.8. The van der Waals surface area contributed by atoms with E-state index in [4.69, 9.17) is 5.26 Å². The summed E-state index contributed by atoms with van der Waals surface area (Å²) < 4.78 is 38.5. The van der Waals surface area contributed by atoms with Gasteiger partial charge in [-0.25, -0.2) is 0 Å². The highest BCUT2D eigenvalue weighted by Gasteiger charge is 2.33. The third-order valence-electron chi connectivity index (χ3n) is 2.91. The number of aryl methyl sites for hydroxylation is 1. The van der Waals surface area contributed by atoms with Crippen LogP contribution in [0.5, 0.6) is 0 Å². The molecule has 1 aromatic carbocycles. The van der Waals surface area contributed by atoms with Gasteiger partial charge in [0.05, 0.1) is 17.2 Å². The van der Waals surface area contributed by atoms with E-state index < -0.39 is 11.7 Å². The molecule has 0 atom stereocenters. The molecule has 2 rings (SSSR count). The van der Waals surface area contributed by atoms with Crippen molar-refractivity contribution in [3.63, 3.8) is 0 Å². The average molecular weight is 291 g/mol. The summed E-state index contributed by atoms with van der Waals surface area (Å²) in [5, 5.41) is 11.6. The lowest BCUT2D eigenvalue weighted by Gasteiger charge is -2.12. The summed E-state index contributed by atoms with van der Waals surface area (Å²) in [5.41, 5.74) is 0.721. The molecule has 0 saturated heterocycles. The molecular formula is C15H12F3N3. The number of hydrogen-bond donors (Lipinski definition) is 1. The number of nitrogens with zero attached hydrogens (tertiary/aromatic N) is 2. The summed E-state index contributed by atoms with van der Waals surface area (Å²) in [6, 6.07) is 8.80.